The fraction of sp³-hybridized carbons (Fsp3) is 0.458. The molecule has 0 radical (unpaired) electrons. The average molecular weight is 414 g/mol. The molecule has 2 aromatic carbocycles. The van der Waals surface area contributed by atoms with Crippen LogP contribution in [0.15, 0.2) is 48.5 Å². The molecule has 30 heavy (non-hydrogen) atoms. The van der Waals surface area contributed by atoms with E-state index in [9.17, 15) is 10.0 Å². The van der Waals surface area contributed by atoms with Gasteiger partial charge >= 0.3 is 5.97 Å². The maximum Gasteiger partial charge on any atom is 0.303 e. The number of carbonyl (C=O) groups is 1. The number of unbranched alkanes of at least 4 members (excludes halogenated alkanes) is 2. The summed E-state index contributed by atoms with van der Waals surface area (Å²) in [7, 11) is 0. The monoisotopic (exact) mass is 413 g/mol. The summed E-state index contributed by atoms with van der Waals surface area (Å²) in [6.07, 6.45) is 1.16. The van der Waals surface area contributed by atoms with Gasteiger partial charge in [-0.2, -0.15) is 4.89 Å². The van der Waals surface area contributed by atoms with Crippen LogP contribution in [0.2, 0.25) is 0 Å². The highest BCUT2D eigenvalue weighted by molar-refractivity contribution is 5.71. The van der Waals surface area contributed by atoms with Crippen molar-refractivity contribution in [2.24, 2.45) is 0 Å². The van der Waals surface area contributed by atoms with Gasteiger partial charge in [-0.3, -0.25) is 4.79 Å². The lowest BCUT2D eigenvalue weighted by Crippen LogP contribution is -2.46. The molecule has 6 heteroatoms. The standard InChI is InChI=1S/C24H31NO5/c1-24(2,3)30-29-23-21-14-9-8-13-20(21)19-12-7-6-11-18(19)17-25(23,28)16-10-4-5-15-22(26)27/h6-9,11-14,23H,4-5,10,15-17H2,1-3H3,(H,26,27). The minimum absolute atomic E-state index is 0.123. The SMILES string of the molecule is CC(C)(C)OOC1c2ccccc2-c2ccccc2C[N+]1([O-])CCCCCC(=O)O. The summed E-state index contributed by atoms with van der Waals surface area (Å²) < 4.78 is -0.600. The van der Waals surface area contributed by atoms with Crippen LogP contribution < -0.4 is 0 Å². The van der Waals surface area contributed by atoms with E-state index in [0.29, 0.717) is 25.8 Å². The number of fused-ring (bicyclic) bond motifs is 3. The van der Waals surface area contributed by atoms with Crippen molar-refractivity contribution >= 4 is 5.97 Å². The summed E-state index contributed by atoms with van der Waals surface area (Å²) in [5.41, 5.74) is 3.26. The van der Waals surface area contributed by atoms with Crippen LogP contribution in [0, 0.1) is 5.21 Å². The fourth-order valence-electron chi connectivity index (χ4n) is 3.85. The molecule has 2 atom stereocenters. The predicted octanol–water partition coefficient (Wildman–Crippen LogP) is 5.57. The maximum absolute atomic E-state index is 14.2. The Bertz CT molecular complexity index is 876. The van der Waals surface area contributed by atoms with Gasteiger partial charge in [-0.25, -0.2) is 4.89 Å². The van der Waals surface area contributed by atoms with Crippen molar-refractivity contribution in [1.82, 2.24) is 0 Å². The van der Waals surface area contributed by atoms with E-state index in [-0.39, 0.29) is 13.0 Å². The minimum atomic E-state index is -0.827. The lowest BCUT2D eigenvalue weighted by molar-refractivity contribution is -0.959. The van der Waals surface area contributed by atoms with E-state index in [0.717, 1.165) is 22.3 Å². The summed E-state index contributed by atoms with van der Waals surface area (Å²) >= 11 is 0. The van der Waals surface area contributed by atoms with Gasteiger partial charge < -0.3 is 15.0 Å². The van der Waals surface area contributed by atoms with Crippen LogP contribution in [0.25, 0.3) is 11.1 Å². The third-order valence-corrected chi connectivity index (χ3v) is 5.22. The van der Waals surface area contributed by atoms with Crippen molar-refractivity contribution < 1.29 is 24.3 Å². The number of quaternary nitrogens is 1. The summed E-state index contributed by atoms with van der Waals surface area (Å²) in [6, 6.07) is 15.8. The second-order valence-electron chi connectivity index (χ2n) is 8.93. The Balaban J connectivity index is 1.94. The number of nitrogens with zero attached hydrogens (tertiary/aromatic N) is 1. The molecule has 0 saturated heterocycles. The lowest BCUT2D eigenvalue weighted by atomic mass is 9.96. The average Bonchev–Trinajstić information content (AvgIpc) is 2.77. The molecule has 3 rings (SSSR count). The molecule has 0 saturated carbocycles. The van der Waals surface area contributed by atoms with Crippen LogP contribution in [0.4, 0.5) is 0 Å². The van der Waals surface area contributed by atoms with Gasteiger partial charge in [0.2, 0.25) is 0 Å². The van der Waals surface area contributed by atoms with Crippen molar-refractivity contribution in [1.29, 1.82) is 0 Å². The van der Waals surface area contributed by atoms with Crippen molar-refractivity contribution in [2.75, 3.05) is 6.54 Å². The number of carboxylic acid groups (broad SMARTS) is 1. The topological polar surface area (TPSA) is 78.8 Å². The Hall–Kier alpha value is -2.25. The second kappa shape index (κ2) is 9.27. The van der Waals surface area contributed by atoms with Crippen LogP contribution in [0.1, 0.15) is 63.8 Å². The number of hydroxylamine groups is 3. The van der Waals surface area contributed by atoms with Gasteiger partial charge in [0.1, 0.15) is 6.54 Å². The van der Waals surface area contributed by atoms with Gasteiger partial charge in [-0.1, -0.05) is 42.5 Å². The zero-order chi connectivity index (χ0) is 21.8. The van der Waals surface area contributed by atoms with E-state index < -0.39 is 22.4 Å². The van der Waals surface area contributed by atoms with Crippen LogP contribution in [0.5, 0.6) is 0 Å². The summed E-state index contributed by atoms with van der Waals surface area (Å²) in [6.45, 7) is 6.24. The highest BCUT2D eigenvalue weighted by Gasteiger charge is 2.38. The quantitative estimate of drug-likeness (QED) is 0.201. The highest BCUT2D eigenvalue weighted by Crippen LogP contribution is 2.43. The molecule has 1 heterocycles. The van der Waals surface area contributed by atoms with E-state index in [4.69, 9.17) is 14.9 Å². The van der Waals surface area contributed by atoms with Crippen molar-refractivity contribution in [3.8, 4) is 11.1 Å². The smallest absolute Gasteiger partial charge is 0.303 e. The molecule has 1 N–H and O–H groups in total. The van der Waals surface area contributed by atoms with Gasteiger partial charge in [-0.05, 0) is 57.2 Å². The molecule has 0 aromatic heterocycles. The Morgan fingerprint density at radius 3 is 2.43 bits per heavy atom. The van der Waals surface area contributed by atoms with E-state index in [2.05, 4.69) is 0 Å². The van der Waals surface area contributed by atoms with Crippen LogP contribution in [-0.2, 0) is 21.1 Å². The lowest BCUT2D eigenvalue weighted by Gasteiger charge is -2.47. The van der Waals surface area contributed by atoms with E-state index in [1.165, 1.54) is 0 Å². The molecule has 1 aliphatic heterocycles. The Morgan fingerprint density at radius 1 is 1.07 bits per heavy atom. The van der Waals surface area contributed by atoms with Gasteiger partial charge in [0.25, 0.3) is 6.23 Å². The molecule has 0 fully saturated rings. The van der Waals surface area contributed by atoms with Gasteiger partial charge in [0.15, 0.2) is 0 Å². The van der Waals surface area contributed by atoms with E-state index in [1.807, 2.05) is 69.3 Å². The number of rotatable bonds is 8. The molecule has 2 aromatic rings. The molecule has 1 aliphatic rings. The molecule has 0 aliphatic carbocycles. The zero-order valence-corrected chi connectivity index (χ0v) is 18.0. The molecular formula is C24H31NO5. The number of aliphatic carboxylic acids is 1. The third-order valence-electron chi connectivity index (χ3n) is 5.22. The van der Waals surface area contributed by atoms with Gasteiger partial charge in [-0.15, -0.1) is 0 Å². The molecule has 0 spiro atoms. The van der Waals surface area contributed by atoms with Gasteiger partial charge in [0, 0.05) is 17.5 Å². The first kappa shape index (κ1) is 22.4. The number of hydrogen-bond acceptors (Lipinski definition) is 4. The van der Waals surface area contributed by atoms with Crippen LogP contribution in [-0.4, -0.2) is 27.9 Å². The largest absolute Gasteiger partial charge is 0.630 e. The number of hydrogen-bond donors (Lipinski definition) is 1. The van der Waals surface area contributed by atoms with Gasteiger partial charge in [0.05, 0.1) is 12.1 Å². The molecule has 0 amide bonds. The Morgan fingerprint density at radius 2 is 1.73 bits per heavy atom. The molecule has 6 nitrogen and oxygen atoms in total. The molecular weight excluding hydrogens is 382 g/mol. The highest BCUT2D eigenvalue weighted by atomic mass is 17.2. The third kappa shape index (κ3) is 5.46. The zero-order valence-electron chi connectivity index (χ0n) is 18.0. The first-order valence-electron chi connectivity index (χ1n) is 10.5. The molecule has 2 unspecified atom stereocenters. The van der Waals surface area contributed by atoms with Crippen molar-refractivity contribution in [3.05, 3.63) is 64.9 Å². The Kier molecular flexibility index (Phi) is 6.93. The van der Waals surface area contributed by atoms with E-state index >= 15 is 0 Å². The second-order valence-corrected chi connectivity index (χ2v) is 8.93. The summed E-state index contributed by atoms with van der Waals surface area (Å²) in [4.78, 5) is 22.3. The summed E-state index contributed by atoms with van der Waals surface area (Å²) in [5.74, 6) is -0.807. The number of carboxylic acids is 1. The van der Waals surface area contributed by atoms with Crippen LogP contribution in [0.3, 0.4) is 0 Å². The predicted molar refractivity (Wildman–Crippen MR) is 115 cm³/mol. The first-order valence-corrected chi connectivity index (χ1v) is 10.5. The van der Waals surface area contributed by atoms with Crippen molar-refractivity contribution in [3.63, 3.8) is 0 Å². The Labute approximate surface area is 178 Å². The molecule has 162 valence electrons. The molecule has 0 bridgehead atoms. The van der Waals surface area contributed by atoms with E-state index in [1.54, 1.807) is 0 Å². The first-order chi connectivity index (χ1) is 14.2. The van der Waals surface area contributed by atoms with Crippen LogP contribution >= 0.6 is 0 Å². The fourth-order valence-corrected chi connectivity index (χ4v) is 3.85. The normalized spacial score (nSPS) is 20.9. The number of benzene rings is 2. The maximum atomic E-state index is 14.2. The summed E-state index contributed by atoms with van der Waals surface area (Å²) in [5, 5.41) is 23.1. The van der Waals surface area contributed by atoms with Crippen molar-refractivity contribution in [2.45, 2.75) is 64.8 Å². The minimum Gasteiger partial charge on any atom is -0.630 e.